The van der Waals surface area contributed by atoms with E-state index < -0.39 is 0 Å². The lowest BCUT2D eigenvalue weighted by atomic mass is 10.1. The van der Waals surface area contributed by atoms with Crippen molar-refractivity contribution in [1.82, 2.24) is 0 Å². The number of hydrogen-bond donors (Lipinski definition) is 2. The zero-order valence-corrected chi connectivity index (χ0v) is 12.4. The number of phenolic OH excluding ortho intramolecular Hbond substituents is 1. The maximum absolute atomic E-state index is 11.6. The number of rotatable bonds is 4. The Morgan fingerprint density at radius 1 is 1.33 bits per heavy atom. The van der Waals surface area contributed by atoms with Gasteiger partial charge in [-0.1, -0.05) is 6.07 Å². The topological polar surface area (TPSA) is 67.0 Å². The van der Waals surface area contributed by atoms with Gasteiger partial charge in [-0.05, 0) is 30.5 Å². The molecule has 1 atom stereocenters. The fourth-order valence-corrected chi connectivity index (χ4v) is 3.14. The van der Waals surface area contributed by atoms with Gasteiger partial charge in [0.2, 0.25) is 0 Å². The first-order chi connectivity index (χ1) is 10.1. The lowest BCUT2D eigenvalue weighted by Crippen LogP contribution is -2.82. The van der Waals surface area contributed by atoms with E-state index in [1.165, 1.54) is 17.0 Å². The van der Waals surface area contributed by atoms with Crippen LogP contribution in [0.3, 0.4) is 0 Å². The third kappa shape index (κ3) is 2.99. The van der Waals surface area contributed by atoms with Crippen LogP contribution in [0.15, 0.2) is 51.0 Å². The molecule has 0 aliphatic rings. The Morgan fingerprint density at radius 2 is 2.19 bits per heavy atom. The standard InChI is InChI=1S/C16H15NO3S/c1-10(15-3-2-6-21-15)17-9-11-7-16(19)20-14-8-12(18)4-5-13(11)14/h2-8,10,17-18H,9H2,1H3/p+1/t10-/m0/s1. The summed E-state index contributed by atoms with van der Waals surface area (Å²) in [6.45, 7) is 2.83. The Balaban J connectivity index is 1.88. The summed E-state index contributed by atoms with van der Waals surface area (Å²) < 4.78 is 5.13. The molecule has 0 bridgehead atoms. The second-order valence-corrected chi connectivity index (χ2v) is 5.99. The van der Waals surface area contributed by atoms with Crippen LogP contribution in [0.25, 0.3) is 11.0 Å². The zero-order chi connectivity index (χ0) is 14.8. The largest absolute Gasteiger partial charge is 0.508 e. The van der Waals surface area contributed by atoms with Gasteiger partial charge in [0.25, 0.3) is 0 Å². The van der Waals surface area contributed by atoms with Gasteiger partial charge >= 0.3 is 5.63 Å². The Bertz CT molecular complexity index is 808. The van der Waals surface area contributed by atoms with Gasteiger partial charge in [0, 0.05) is 23.1 Å². The molecule has 21 heavy (non-hydrogen) atoms. The number of hydrogen-bond acceptors (Lipinski definition) is 4. The molecule has 2 heterocycles. The highest BCUT2D eigenvalue weighted by molar-refractivity contribution is 7.10. The highest BCUT2D eigenvalue weighted by atomic mass is 32.1. The molecule has 0 unspecified atom stereocenters. The predicted octanol–water partition coefficient (Wildman–Crippen LogP) is 2.38. The number of aromatic hydroxyl groups is 1. The molecule has 0 saturated carbocycles. The summed E-state index contributed by atoms with van der Waals surface area (Å²) in [5.74, 6) is 0.0960. The van der Waals surface area contributed by atoms with E-state index in [4.69, 9.17) is 4.42 Å². The maximum atomic E-state index is 11.6. The minimum Gasteiger partial charge on any atom is -0.508 e. The van der Waals surface area contributed by atoms with Gasteiger partial charge in [0.05, 0.1) is 4.88 Å². The Morgan fingerprint density at radius 3 is 2.95 bits per heavy atom. The molecule has 5 heteroatoms. The Kier molecular flexibility index (Phi) is 3.77. The van der Waals surface area contributed by atoms with Crippen LogP contribution in [0, 0.1) is 0 Å². The molecule has 0 amide bonds. The van der Waals surface area contributed by atoms with E-state index >= 15 is 0 Å². The van der Waals surface area contributed by atoms with Gasteiger partial charge in [0.1, 0.15) is 23.9 Å². The van der Waals surface area contributed by atoms with E-state index in [-0.39, 0.29) is 11.4 Å². The van der Waals surface area contributed by atoms with Crippen molar-refractivity contribution in [3.8, 4) is 5.75 Å². The summed E-state index contributed by atoms with van der Waals surface area (Å²) in [6, 6.07) is 10.9. The molecule has 3 rings (SSSR count). The fourth-order valence-electron chi connectivity index (χ4n) is 2.36. The first kappa shape index (κ1) is 13.9. The second kappa shape index (κ2) is 5.71. The van der Waals surface area contributed by atoms with Crippen LogP contribution in [0.2, 0.25) is 0 Å². The van der Waals surface area contributed by atoms with Crippen LogP contribution in [0.1, 0.15) is 23.4 Å². The molecule has 0 aliphatic heterocycles. The van der Waals surface area contributed by atoms with Gasteiger partial charge in [0.15, 0.2) is 0 Å². The minimum atomic E-state index is -0.389. The molecule has 1 aromatic carbocycles. The lowest BCUT2D eigenvalue weighted by Gasteiger charge is -2.10. The first-order valence-corrected chi connectivity index (χ1v) is 7.64. The fraction of sp³-hybridized carbons (Fsp3) is 0.188. The molecular weight excluding hydrogens is 286 g/mol. The SMILES string of the molecule is C[C@H]([NH2+]Cc1cc(=O)oc2cc(O)ccc12)c1cccs1. The molecule has 0 radical (unpaired) electrons. The van der Waals surface area contributed by atoms with Gasteiger partial charge < -0.3 is 14.8 Å². The normalized spacial score (nSPS) is 12.6. The van der Waals surface area contributed by atoms with Gasteiger partial charge in [-0.25, -0.2) is 4.79 Å². The molecule has 0 aliphatic carbocycles. The van der Waals surface area contributed by atoms with Gasteiger partial charge in [-0.3, -0.25) is 0 Å². The molecular formula is C16H16NO3S+. The number of thiophene rings is 1. The summed E-state index contributed by atoms with van der Waals surface area (Å²) in [4.78, 5) is 12.9. The van der Waals surface area contributed by atoms with Crippen molar-refractivity contribution in [3.63, 3.8) is 0 Å². The van der Waals surface area contributed by atoms with E-state index in [9.17, 15) is 9.90 Å². The third-order valence-electron chi connectivity index (χ3n) is 3.50. The Labute approximate surface area is 125 Å². The van der Waals surface area contributed by atoms with Crippen LogP contribution in [0.4, 0.5) is 0 Å². The van der Waals surface area contributed by atoms with Crippen LogP contribution < -0.4 is 10.9 Å². The molecule has 4 nitrogen and oxygen atoms in total. The number of phenols is 1. The number of nitrogens with two attached hydrogens (primary N) is 1. The van der Waals surface area contributed by atoms with E-state index in [2.05, 4.69) is 23.7 Å². The van der Waals surface area contributed by atoms with Gasteiger partial charge in [-0.15, -0.1) is 11.3 Å². The molecule has 2 aromatic heterocycles. The highest BCUT2D eigenvalue weighted by Crippen LogP contribution is 2.21. The third-order valence-corrected chi connectivity index (χ3v) is 4.57. The van der Waals surface area contributed by atoms with E-state index in [1.807, 2.05) is 6.07 Å². The van der Waals surface area contributed by atoms with Crippen molar-refractivity contribution < 1.29 is 14.8 Å². The predicted molar refractivity (Wildman–Crippen MR) is 82.5 cm³/mol. The average molecular weight is 302 g/mol. The van der Waals surface area contributed by atoms with Crippen molar-refractivity contribution in [2.45, 2.75) is 19.5 Å². The smallest absolute Gasteiger partial charge is 0.336 e. The zero-order valence-electron chi connectivity index (χ0n) is 11.6. The summed E-state index contributed by atoms with van der Waals surface area (Å²) >= 11 is 1.73. The van der Waals surface area contributed by atoms with Crippen molar-refractivity contribution in [2.24, 2.45) is 0 Å². The molecule has 0 fully saturated rings. The minimum absolute atomic E-state index is 0.0960. The number of benzene rings is 1. The van der Waals surface area contributed by atoms with Crippen molar-refractivity contribution in [1.29, 1.82) is 0 Å². The molecule has 3 aromatic rings. The maximum Gasteiger partial charge on any atom is 0.336 e. The van der Waals surface area contributed by atoms with Crippen molar-refractivity contribution in [2.75, 3.05) is 0 Å². The summed E-state index contributed by atoms with van der Waals surface area (Å²) in [5.41, 5.74) is 0.958. The molecule has 108 valence electrons. The summed E-state index contributed by atoms with van der Waals surface area (Å²) in [7, 11) is 0. The van der Waals surface area contributed by atoms with Crippen molar-refractivity contribution in [3.05, 3.63) is 62.6 Å². The molecule has 3 N–H and O–H groups in total. The van der Waals surface area contributed by atoms with Crippen LogP contribution in [-0.4, -0.2) is 5.11 Å². The molecule has 0 saturated heterocycles. The van der Waals surface area contributed by atoms with Crippen LogP contribution in [-0.2, 0) is 6.54 Å². The Hall–Kier alpha value is -2.11. The van der Waals surface area contributed by atoms with Crippen molar-refractivity contribution >= 4 is 22.3 Å². The first-order valence-electron chi connectivity index (χ1n) is 6.76. The number of fused-ring (bicyclic) bond motifs is 1. The average Bonchev–Trinajstić information content (AvgIpc) is 2.97. The monoisotopic (exact) mass is 302 g/mol. The van der Waals surface area contributed by atoms with E-state index in [0.717, 1.165) is 10.9 Å². The summed E-state index contributed by atoms with van der Waals surface area (Å²) in [6.07, 6.45) is 0. The quantitative estimate of drug-likeness (QED) is 0.727. The number of quaternary nitrogens is 1. The van der Waals surface area contributed by atoms with Crippen LogP contribution >= 0.6 is 11.3 Å². The highest BCUT2D eigenvalue weighted by Gasteiger charge is 2.12. The second-order valence-electron chi connectivity index (χ2n) is 5.02. The molecule has 0 spiro atoms. The lowest BCUT2D eigenvalue weighted by molar-refractivity contribution is -0.707. The summed E-state index contributed by atoms with van der Waals surface area (Å²) in [5, 5.41) is 14.6. The van der Waals surface area contributed by atoms with E-state index in [0.29, 0.717) is 18.2 Å². The van der Waals surface area contributed by atoms with Gasteiger partial charge in [-0.2, -0.15) is 0 Å². The van der Waals surface area contributed by atoms with Crippen LogP contribution in [0.5, 0.6) is 5.75 Å². The van der Waals surface area contributed by atoms with E-state index in [1.54, 1.807) is 23.5 Å².